The Morgan fingerprint density at radius 1 is 1.56 bits per heavy atom. The Kier molecular flexibility index (Phi) is 3.83. The molecule has 1 amide bonds. The van der Waals surface area contributed by atoms with Gasteiger partial charge in [0, 0.05) is 18.0 Å². The number of carbonyl (C=O) groups excluding carboxylic acids is 1. The number of methoxy groups -OCH3 is 1. The van der Waals surface area contributed by atoms with Crippen LogP contribution in [0.5, 0.6) is 5.75 Å². The van der Waals surface area contributed by atoms with Crippen LogP contribution in [0.15, 0.2) is 18.2 Å². The Hall–Kier alpha value is -2.02. The molecule has 18 heavy (non-hydrogen) atoms. The van der Waals surface area contributed by atoms with Crippen molar-refractivity contribution < 1.29 is 9.53 Å². The highest BCUT2D eigenvalue weighted by atomic mass is 16.5. The molecule has 0 spiro atoms. The summed E-state index contributed by atoms with van der Waals surface area (Å²) in [5, 5.41) is 11.7. The molecule has 4 nitrogen and oxygen atoms in total. The van der Waals surface area contributed by atoms with Crippen molar-refractivity contribution in [2.24, 2.45) is 5.92 Å². The van der Waals surface area contributed by atoms with Crippen LogP contribution >= 0.6 is 0 Å². The van der Waals surface area contributed by atoms with Gasteiger partial charge in [0.05, 0.1) is 18.7 Å². The van der Waals surface area contributed by atoms with Crippen molar-refractivity contribution in [3.05, 3.63) is 29.3 Å². The Morgan fingerprint density at radius 3 is 2.89 bits per heavy atom. The number of carbonyl (C=O) groups is 1. The van der Waals surface area contributed by atoms with Crippen molar-refractivity contribution in [2.75, 3.05) is 7.11 Å². The topological polar surface area (TPSA) is 62.1 Å². The van der Waals surface area contributed by atoms with Crippen molar-refractivity contribution in [1.82, 2.24) is 5.32 Å². The van der Waals surface area contributed by atoms with Gasteiger partial charge in [-0.3, -0.25) is 4.79 Å². The van der Waals surface area contributed by atoms with Crippen molar-refractivity contribution in [2.45, 2.75) is 25.8 Å². The zero-order chi connectivity index (χ0) is 13.0. The first-order chi connectivity index (χ1) is 8.74. The molecule has 0 unspecified atom stereocenters. The lowest BCUT2D eigenvalue weighted by Gasteiger charge is -2.24. The average Bonchev–Trinajstić information content (AvgIpc) is 2.34. The summed E-state index contributed by atoms with van der Waals surface area (Å²) in [6.45, 7) is 0.449. The monoisotopic (exact) mass is 244 g/mol. The summed E-state index contributed by atoms with van der Waals surface area (Å²) in [4.78, 5) is 11.7. The predicted octanol–water partition coefficient (Wildman–Crippen LogP) is 1.98. The Bertz CT molecular complexity index is 487. The van der Waals surface area contributed by atoms with Gasteiger partial charge in [0.1, 0.15) is 5.75 Å². The molecule has 0 aliphatic heterocycles. The summed E-state index contributed by atoms with van der Waals surface area (Å²) < 4.78 is 5.22. The third-order valence-corrected chi connectivity index (χ3v) is 3.35. The van der Waals surface area contributed by atoms with Crippen LogP contribution in [0.3, 0.4) is 0 Å². The largest absolute Gasteiger partial charge is 0.496 e. The van der Waals surface area contributed by atoms with Crippen molar-refractivity contribution in [3.63, 3.8) is 0 Å². The summed E-state index contributed by atoms with van der Waals surface area (Å²) in [7, 11) is 1.56. The van der Waals surface area contributed by atoms with E-state index in [1.165, 1.54) is 0 Å². The van der Waals surface area contributed by atoms with Crippen LogP contribution in [0.25, 0.3) is 0 Å². The summed E-state index contributed by atoms with van der Waals surface area (Å²) in [6.07, 6.45) is 3.14. The van der Waals surface area contributed by atoms with Gasteiger partial charge < -0.3 is 10.1 Å². The molecule has 0 radical (unpaired) electrons. The fraction of sp³-hybridized carbons (Fsp3) is 0.429. The molecular weight excluding hydrogens is 228 g/mol. The number of rotatable bonds is 4. The van der Waals surface area contributed by atoms with Gasteiger partial charge in [0.25, 0.3) is 0 Å². The van der Waals surface area contributed by atoms with E-state index in [0.29, 0.717) is 17.9 Å². The van der Waals surface area contributed by atoms with Crippen molar-refractivity contribution in [1.29, 1.82) is 5.26 Å². The smallest absolute Gasteiger partial charge is 0.223 e. The third kappa shape index (κ3) is 2.62. The molecule has 1 saturated carbocycles. The van der Waals surface area contributed by atoms with E-state index in [1.807, 2.05) is 6.07 Å². The molecule has 0 heterocycles. The maximum absolute atomic E-state index is 11.7. The Morgan fingerprint density at radius 2 is 2.33 bits per heavy atom. The van der Waals surface area contributed by atoms with E-state index in [4.69, 9.17) is 10.00 Å². The number of nitriles is 1. The van der Waals surface area contributed by atoms with Gasteiger partial charge in [-0.05, 0) is 25.0 Å². The van der Waals surface area contributed by atoms with Crippen LogP contribution in [0.2, 0.25) is 0 Å². The summed E-state index contributed by atoms with van der Waals surface area (Å²) in [5.41, 5.74) is 1.45. The van der Waals surface area contributed by atoms with Gasteiger partial charge >= 0.3 is 0 Å². The van der Waals surface area contributed by atoms with E-state index in [1.54, 1.807) is 19.2 Å². The summed E-state index contributed by atoms with van der Waals surface area (Å²) in [5.74, 6) is 0.949. The number of hydrogen-bond donors (Lipinski definition) is 1. The van der Waals surface area contributed by atoms with E-state index in [9.17, 15) is 4.79 Å². The molecule has 1 fully saturated rings. The fourth-order valence-electron chi connectivity index (χ4n) is 1.96. The normalized spacial score (nSPS) is 14.4. The molecule has 1 aliphatic rings. The van der Waals surface area contributed by atoms with Gasteiger partial charge in [0.2, 0.25) is 5.91 Å². The van der Waals surface area contributed by atoms with Gasteiger partial charge in [0.15, 0.2) is 0 Å². The van der Waals surface area contributed by atoms with Crippen LogP contribution in [0.4, 0.5) is 0 Å². The molecule has 0 atom stereocenters. The SMILES string of the molecule is COc1cc(C#N)ccc1CNC(=O)C1CCC1. The van der Waals surface area contributed by atoms with Crippen LogP contribution < -0.4 is 10.1 Å². The number of nitrogens with one attached hydrogen (secondary N) is 1. The lowest BCUT2D eigenvalue weighted by Crippen LogP contribution is -2.34. The number of amides is 1. The number of benzene rings is 1. The minimum Gasteiger partial charge on any atom is -0.496 e. The van der Waals surface area contributed by atoms with Crippen molar-refractivity contribution in [3.8, 4) is 11.8 Å². The lowest BCUT2D eigenvalue weighted by atomic mass is 9.85. The summed E-state index contributed by atoms with van der Waals surface area (Å²) >= 11 is 0. The first-order valence-electron chi connectivity index (χ1n) is 6.09. The van der Waals surface area contributed by atoms with Gasteiger partial charge in [-0.25, -0.2) is 0 Å². The maximum atomic E-state index is 11.7. The Balaban J connectivity index is 2.00. The molecule has 4 heteroatoms. The first-order valence-corrected chi connectivity index (χ1v) is 6.09. The second-order valence-corrected chi connectivity index (χ2v) is 4.48. The standard InChI is InChI=1S/C14H16N2O2/c1-18-13-7-10(8-15)5-6-12(13)9-16-14(17)11-3-2-4-11/h5-7,11H,2-4,9H2,1H3,(H,16,17). The molecule has 0 aromatic heterocycles. The molecule has 94 valence electrons. The zero-order valence-corrected chi connectivity index (χ0v) is 10.4. The number of ether oxygens (including phenoxy) is 1. The maximum Gasteiger partial charge on any atom is 0.223 e. The van der Waals surface area contributed by atoms with E-state index >= 15 is 0 Å². The Labute approximate surface area is 107 Å². The van der Waals surface area contributed by atoms with Crippen LogP contribution in [-0.2, 0) is 11.3 Å². The molecule has 2 rings (SSSR count). The molecule has 1 aliphatic carbocycles. The molecule has 0 bridgehead atoms. The highest BCUT2D eigenvalue weighted by Crippen LogP contribution is 2.26. The second kappa shape index (κ2) is 5.54. The third-order valence-electron chi connectivity index (χ3n) is 3.35. The zero-order valence-electron chi connectivity index (χ0n) is 10.4. The van der Waals surface area contributed by atoms with E-state index in [0.717, 1.165) is 24.8 Å². The molecule has 1 N–H and O–H groups in total. The van der Waals surface area contributed by atoms with Crippen molar-refractivity contribution >= 4 is 5.91 Å². The molecular formula is C14H16N2O2. The van der Waals surface area contributed by atoms with Crippen LogP contribution in [0.1, 0.15) is 30.4 Å². The van der Waals surface area contributed by atoms with E-state index < -0.39 is 0 Å². The lowest BCUT2D eigenvalue weighted by molar-refractivity contribution is -0.127. The highest BCUT2D eigenvalue weighted by Gasteiger charge is 2.24. The summed E-state index contributed by atoms with van der Waals surface area (Å²) in [6, 6.07) is 7.30. The molecule has 1 aromatic rings. The second-order valence-electron chi connectivity index (χ2n) is 4.48. The minimum atomic E-state index is 0.118. The first kappa shape index (κ1) is 12.4. The van der Waals surface area contributed by atoms with Gasteiger partial charge in [-0.2, -0.15) is 5.26 Å². The average molecular weight is 244 g/mol. The molecule has 1 aromatic carbocycles. The molecule has 0 saturated heterocycles. The van der Waals surface area contributed by atoms with Crippen LogP contribution in [0, 0.1) is 17.2 Å². The van der Waals surface area contributed by atoms with Gasteiger partial charge in [-0.1, -0.05) is 12.5 Å². The minimum absolute atomic E-state index is 0.118. The van der Waals surface area contributed by atoms with E-state index in [2.05, 4.69) is 11.4 Å². The van der Waals surface area contributed by atoms with Gasteiger partial charge in [-0.15, -0.1) is 0 Å². The number of hydrogen-bond acceptors (Lipinski definition) is 3. The quantitative estimate of drug-likeness (QED) is 0.881. The highest BCUT2D eigenvalue weighted by molar-refractivity contribution is 5.79. The number of nitrogens with zero attached hydrogens (tertiary/aromatic N) is 1. The predicted molar refractivity (Wildman–Crippen MR) is 66.9 cm³/mol. The van der Waals surface area contributed by atoms with E-state index in [-0.39, 0.29) is 11.8 Å². The van der Waals surface area contributed by atoms with Crippen LogP contribution in [-0.4, -0.2) is 13.0 Å². The fourth-order valence-corrected chi connectivity index (χ4v) is 1.96.